The van der Waals surface area contributed by atoms with Gasteiger partial charge in [0.15, 0.2) is 0 Å². The van der Waals surface area contributed by atoms with E-state index < -0.39 is 0 Å². The summed E-state index contributed by atoms with van der Waals surface area (Å²) in [6.45, 7) is 8.31. The molecule has 33 heavy (non-hydrogen) atoms. The van der Waals surface area contributed by atoms with Crippen LogP contribution in [0.4, 0.5) is 0 Å². The Hall–Kier alpha value is -3.34. The molecular formula is C28H31N3O2. The van der Waals surface area contributed by atoms with E-state index in [0.29, 0.717) is 30.2 Å². The number of carbonyl (C=O) groups excluding carboxylic acids is 2. The van der Waals surface area contributed by atoms with Crippen LogP contribution in [-0.4, -0.2) is 46.2 Å². The Kier molecular flexibility index (Phi) is 5.57. The molecule has 2 aliphatic rings. The van der Waals surface area contributed by atoms with Crippen LogP contribution in [0.1, 0.15) is 42.0 Å². The number of imide groups is 1. The number of piperidine rings is 1. The molecule has 1 fully saturated rings. The standard InChI is InChI=1S/C28H31N3O2/c1-18-10-11-22(20(3)15-18)25-26(30-13-6-7-19(2)17-30)28(33)31(27(25)32)14-12-21-16-29-24-9-5-4-8-23(21)24/h4-5,8-11,15-16,19,29H,6-7,12-14,17H2,1-3H3. The first-order chi connectivity index (χ1) is 15.9. The van der Waals surface area contributed by atoms with Crippen LogP contribution in [0.5, 0.6) is 0 Å². The number of likely N-dealkylation sites (tertiary alicyclic amines) is 1. The van der Waals surface area contributed by atoms with Gasteiger partial charge in [0.2, 0.25) is 0 Å². The number of benzene rings is 2. The van der Waals surface area contributed by atoms with E-state index in [0.717, 1.165) is 59.1 Å². The highest BCUT2D eigenvalue weighted by molar-refractivity contribution is 6.35. The molecule has 2 aliphatic heterocycles. The fourth-order valence-electron chi connectivity index (χ4n) is 5.36. The molecular weight excluding hydrogens is 410 g/mol. The van der Waals surface area contributed by atoms with Crippen molar-refractivity contribution >= 4 is 28.3 Å². The lowest BCUT2D eigenvalue weighted by Crippen LogP contribution is -2.39. The predicted molar refractivity (Wildman–Crippen MR) is 132 cm³/mol. The zero-order chi connectivity index (χ0) is 23.1. The zero-order valence-corrected chi connectivity index (χ0v) is 19.6. The predicted octanol–water partition coefficient (Wildman–Crippen LogP) is 4.84. The maximum absolute atomic E-state index is 13.7. The number of amides is 2. The Balaban J connectivity index is 1.49. The molecule has 5 heteroatoms. The number of nitrogens with one attached hydrogen (secondary N) is 1. The molecule has 0 bridgehead atoms. The van der Waals surface area contributed by atoms with Gasteiger partial charge in [-0.25, -0.2) is 0 Å². The smallest absolute Gasteiger partial charge is 0.277 e. The van der Waals surface area contributed by atoms with Gasteiger partial charge in [0.1, 0.15) is 5.70 Å². The second-order valence-corrected chi connectivity index (χ2v) is 9.61. The third-order valence-electron chi connectivity index (χ3n) is 7.05. The minimum Gasteiger partial charge on any atom is -0.366 e. The van der Waals surface area contributed by atoms with Crippen molar-refractivity contribution in [1.82, 2.24) is 14.8 Å². The summed E-state index contributed by atoms with van der Waals surface area (Å²) >= 11 is 0. The Labute approximate surface area is 195 Å². The van der Waals surface area contributed by atoms with Crippen LogP contribution in [0.15, 0.2) is 54.4 Å². The third-order valence-corrected chi connectivity index (χ3v) is 7.05. The van der Waals surface area contributed by atoms with Crippen molar-refractivity contribution < 1.29 is 9.59 Å². The van der Waals surface area contributed by atoms with E-state index in [2.05, 4.69) is 28.9 Å². The number of H-pyrrole nitrogens is 1. The topological polar surface area (TPSA) is 56.4 Å². The quantitative estimate of drug-likeness (QED) is 0.577. The fraction of sp³-hybridized carbons (Fsp3) is 0.357. The molecule has 1 saturated heterocycles. The van der Waals surface area contributed by atoms with Crippen molar-refractivity contribution in [3.63, 3.8) is 0 Å². The number of aryl methyl sites for hydroxylation is 2. The maximum Gasteiger partial charge on any atom is 0.277 e. The van der Waals surface area contributed by atoms with Gasteiger partial charge >= 0.3 is 0 Å². The number of fused-ring (bicyclic) bond motifs is 1. The minimum absolute atomic E-state index is 0.149. The van der Waals surface area contributed by atoms with E-state index >= 15 is 0 Å². The van der Waals surface area contributed by atoms with E-state index in [9.17, 15) is 9.59 Å². The van der Waals surface area contributed by atoms with Crippen molar-refractivity contribution in [2.45, 2.75) is 40.0 Å². The number of aromatic amines is 1. The van der Waals surface area contributed by atoms with Crippen molar-refractivity contribution in [1.29, 1.82) is 0 Å². The zero-order valence-electron chi connectivity index (χ0n) is 19.6. The molecule has 3 aromatic rings. The highest BCUT2D eigenvalue weighted by Crippen LogP contribution is 2.35. The van der Waals surface area contributed by atoms with Crippen molar-refractivity contribution in [3.8, 4) is 0 Å². The van der Waals surface area contributed by atoms with Crippen LogP contribution in [0.2, 0.25) is 0 Å². The highest BCUT2D eigenvalue weighted by atomic mass is 16.2. The van der Waals surface area contributed by atoms with Gasteiger partial charge in [0.05, 0.1) is 5.57 Å². The maximum atomic E-state index is 13.7. The van der Waals surface area contributed by atoms with Crippen LogP contribution < -0.4 is 0 Å². The molecule has 1 N–H and O–H groups in total. The summed E-state index contributed by atoms with van der Waals surface area (Å²) in [5, 5.41) is 1.14. The fourth-order valence-corrected chi connectivity index (χ4v) is 5.36. The third kappa shape index (κ3) is 3.86. The summed E-state index contributed by atoms with van der Waals surface area (Å²) in [7, 11) is 0. The van der Waals surface area contributed by atoms with Gasteiger partial charge in [-0.3, -0.25) is 14.5 Å². The highest BCUT2D eigenvalue weighted by Gasteiger charge is 2.42. The average molecular weight is 442 g/mol. The summed E-state index contributed by atoms with van der Waals surface area (Å²) in [4.78, 5) is 34.3. The van der Waals surface area contributed by atoms with E-state index in [-0.39, 0.29) is 11.8 Å². The summed E-state index contributed by atoms with van der Waals surface area (Å²) in [6, 6.07) is 14.3. The second kappa shape index (κ2) is 8.54. The van der Waals surface area contributed by atoms with Gasteiger partial charge in [-0.15, -0.1) is 0 Å². The number of hydrogen-bond donors (Lipinski definition) is 1. The molecule has 2 aromatic carbocycles. The van der Waals surface area contributed by atoms with Crippen LogP contribution >= 0.6 is 0 Å². The first-order valence-corrected chi connectivity index (χ1v) is 11.9. The van der Waals surface area contributed by atoms with Gasteiger partial charge in [-0.2, -0.15) is 0 Å². The molecule has 5 nitrogen and oxygen atoms in total. The molecule has 3 heterocycles. The van der Waals surface area contributed by atoms with Gasteiger partial charge in [0, 0.05) is 36.7 Å². The molecule has 0 spiro atoms. The Morgan fingerprint density at radius 2 is 1.88 bits per heavy atom. The molecule has 0 aliphatic carbocycles. The lowest BCUT2D eigenvalue weighted by atomic mass is 9.95. The van der Waals surface area contributed by atoms with E-state index in [1.165, 1.54) is 4.90 Å². The normalized spacial score (nSPS) is 19.3. The van der Waals surface area contributed by atoms with Crippen LogP contribution in [0.25, 0.3) is 16.5 Å². The molecule has 2 amide bonds. The van der Waals surface area contributed by atoms with Crippen LogP contribution in [0, 0.1) is 19.8 Å². The first kappa shape index (κ1) is 21.5. The average Bonchev–Trinajstić information content (AvgIpc) is 3.31. The molecule has 1 unspecified atom stereocenters. The Bertz CT molecular complexity index is 1270. The van der Waals surface area contributed by atoms with Crippen LogP contribution in [0.3, 0.4) is 0 Å². The Morgan fingerprint density at radius 1 is 1.06 bits per heavy atom. The minimum atomic E-state index is -0.167. The van der Waals surface area contributed by atoms with Gasteiger partial charge in [-0.1, -0.05) is 48.9 Å². The number of carbonyl (C=O) groups is 2. The second-order valence-electron chi connectivity index (χ2n) is 9.61. The van der Waals surface area contributed by atoms with E-state index in [4.69, 9.17) is 0 Å². The molecule has 1 aromatic heterocycles. The molecule has 170 valence electrons. The SMILES string of the molecule is Cc1ccc(C2=C(N3CCCC(C)C3)C(=O)N(CCc3c[nH]c4ccccc34)C2=O)c(C)c1. The van der Waals surface area contributed by atoms with E-state index in [1.54, 1.807) is 0 Å². The summed E-state index contributed by atoms with van der Waals surface area (Å²) in [5.41, 5.74) is 6.43. The monoisotopic (exact) mass is 441 g/mol. The summed E-state index contributed by atoms with van der Waals surface area (Å²) in [5.74, 6) is 0.193. The molecule has 0 saturated carbocycles. The van der Waals surface area contributed by atoms with Crippen molar-refractivity contribution in [3.05, 3.63) is 76.6 Å². The summed E-state index contributed by atoms with van der Waals surface area (Å²) < 4.78 is 0. The largest absolute Gasteiger partial charge is 0.366 e. The lowest BCUT2D eigenvalue weighted by molar-refractivity contribution is -0.137. The Morgan fingerprint density at radius 3 is 2.67 bits per heavy atom. The number of nitrogens with zero attached hydrogens (tertiary/aromatic N) is 2. The molecule has 0 radical (unpaired) electrons. The number of hydrogen-bond acceptors (Lipinski definition) is 3. The first-order valence-electron chi connectivity index (χ1n) is 11.9. The molecule has 1 atom stereocenters. The van der Waals surface area contributed by atoms with Crippen molar-refractivity contribution in [2.75, 3.05) is 19.6 Å². The van der Waals surface area contributed by atoms with E-state index in [1.807, 2.05) is 50.4 Å². The van der Waals surface area contributed by atoms with Gasteiger partial charge in [-0.05, 0) is 61.8 Å². The number of aromatic nitrogens is 1. The molecule has 5 rings (SSSR count). The number of rotatable bonds is 5. The summed E-state index contributed by atoms with van der Waals surface area (Å²) in [6.07, 6.45) is 4.82. The van der Waals surface area contributed by atoms with Gasteiger partial charge < -0.3 is 9.88 Å². The van der Waals surface area contributed by atoms with Gasteiger partial charge in [0.25, 0.3) is 11.8 Å². The van der Waals surface area contributed by atoms with Crippen LogP contribution in [-0.2, 0) is 16.0 Å². The number of para-hydroxylation sites is 1. The van der Waals surface area contributed by atoms with Crippen molar-refractivity contribution in [2.24, 2.45) is 5.92 Å². The lowest BCUT2D eigenvalue weighted by Gasteiger charge is -2.33.